The summed E-state index contributed by atoms with van der Waals surface area (Å²) in [4.78, 5) is 15.9. The van der Waals surface area contributed by atoms with E-state index in [4.69, 9.17) is 15.2 Å². The number of hydrogen-bond donors (Lipinski definition) is 1. The molecule has 2 N–H and O–H groups in total. The van der Waals surface area contributed by atoms with E-state index < -0.39 is 0 Å². The molecule has 3 aliphatic rings. The van der Waals surface area contributed by atoms with Gasteiger partial charge in [-0.15, -0.1) is 0 Å². The summed E-state index contributed by atoms with van der Waals surface area (Å²) in [5.74, 6) is 1.15. The number of carbonyl (C=O) groups is 1. The Labute approximate surface area is 201 Å². The van der Waals surface area contributed by atoms with Crippen molar-refractivity contribution in [3.8, 4) is 6.07 Å². The number of piperidine rings is 1. The van der Waals surface area contributed by atoms with Crippen LogP contribution in [-0.2, 0) is 20.8 Å². The summed E-state index contributed by atoms with van der Waals surface area (Å²) < 4.78 is 12.1. The van der Waals surface area contributed by atoms with Crippen molar-refractivity contribution in [2.24, 2.45) is 5.73 Å². The molecule has 1 atom stereocenters. The van der Waals surface area contributed by atoms with Crippen LogP contribution in [0.3, 0.4) is 0 Å². The number of ether oxygens (including phenoxy) is 2. The van der Waals surface area contributed by atoms with Crippen LogP contribution in [-0.4, -0.2) is 40.9 Å². The van der Waals surface area contributed by atoms with E-state index in [2.05, 4.69) is 41.0 Å². The van der Waals surface area contributed by atoms with Crippen LogP contribution in [0.1, 0.15) is 50.2 Å². The molecule has 1 aromatic carbocycles. The third-order valence-electron chi connectivity index (χ3n) is 6.64. The first-order valence-electron chi connectivity index (χ1n) is 11.9. The molecule has 1 unspecified atom stereocenters. The standard InChI is InChI=1S/C27H32N4O3/c1-20(14-26(29)32)30-12-10-24(11-13-30)31(17-22-7-5-6-21(15-22)16-28)27-19-33-18-25(34-27)23-8-3-2-4-9-23/h2-3,5-8,15,18-20,24H,4,9-14,17H2,1H3,(H2,29,32). The fourth-order valence-corrected chi connectivity index (χ4v) is 4.77. The molecule has 1 amide bonds. The molecular weight excluding hydrogens is 428 g/mol. The molecule has 2 heterocycles. The number of rotatable bonds is 8. The number of benzene rings is 1. The minimum absolute atomic E-state index is 0.133. The Hall–Kier alpha value is -3.50. The molecule has 0 spiro atoms. The van der Waals surface area contributed by atoms with Crippen LogP contribution in [0.5, 0.6) is 0 Å². The smallest absolute Gasteiger partial charge is 0.232 e. The molecule has 1 fully saturated rings. The van der Waals surface area contributed by atoms with Crippen LogP contribution in [0.15, 0.2) is 72.2 Å². The maximum absolute atomic E-state index is 11.4. The average Bonchev–Trinajstić information content (AvgIpc) is 2.88. The van der Waals surface area contributed by atoms with Gasteiger partial charge in [0.25, 0.3) is 0 Å². The van der Waals surface area contributed by atoms with Gasteiger partial charge in [-0.3, -0.25) is 9.69 Å². The van der Waals surface area contributed by atoms with Gasteiger partial charge in [0, 0.05) is 38.1 Å². The number of amides is 1. The molecule has 0 aromatic heterocycles. The Morgan fingerprint density at radius 2 is 2.15 bits per heavy atom. The lowest BCUT2D eigenvalue weighted by Gasteiger charge is -2.42. The van der Waals surface area contributed by atoms with Gasteiger partial charge in [0.2, 0.25) is 11.8 Å². The lowest BCUT2D eigenvalue weighted by atomic mass is 9.99. The quantitative estimate of drug-likeness (QED) is 0.629. The average molecular weight is 461 g/mol. The van der Waals surface area contributed by atoms with Gasteiger partial charge < -0.3 is 20.1 Å². The van der Waals surface area contributed by atoms with Crippen molar-refractivity contribution >= 4 is 5.91 Å². The summed E-state index contributed by atoms with van der Waals surface area (Å²) >= 11 is 0. The molecule has 0 radical (unpaired) electrons. The van der Waals surface area contributed by atoms with E-state index in [1.807, 2.05) is 24.3 Å². The highest BCUT2D eigenvalue weighted by molar-refractivity contribution is 5.74. The zero-order valence-corrected chi connectivity index (χ0v) is 19.7. The van der Waals surface area contributed by atoms with Gasteiger partial charge >= 0.3 is 0 Å². The predicted octanol–water partition coefficient (Wildman–Crippen LogP) is 4.05. The Bertz CT molecular complexity index is 1060. The number of primary amides is 1. The van der Waals surface area contributed by atoms with Crippen LogP contribution in [0.4, 0.5) is 0 Å². The van der Waals surface area contributed by atoms with E-state index in [9.17, 15) is 10.1 Å². The topological polar surface area (TPSA) is 91.8 Å². The predicted molar refractivity (Wildman–Crippen MR) is 129 cm³/mol. The molecule has 0 saturated carbocycles. The van der Waals surface area contributed by atoms with Gasteiger partial charge in [-0.05, 0) is 55.9 Å². The van der Waals surface area contributed by atoms with Crippen LogP contribution in [0.2, 0.25) is 0 Å². The number of nitrogens with two attached hydrogens (primary N) is 1. The van der Waals surface area contributed by atoms with Gasteiger partial charge in [0.1, 0.15) is 6.26 Å². The van der Waals surface area contributed by atoms with Crippen molar-refractivity contribution in [3.63, 3.8) is 0 Å². The molecule has 34 heavy (non-hydrogen) atoms. The lowest BCUT2D eigenvalue weighted by molar-refractivity contribution is -0.119. The highest BCUT2D eigenvalue weighted by Crippen LogP contribution is 2.31. The van der Waals surface area contributed by atoms with Crippen molar-refractivity contribution in [1.82, 2.24) is 9.80 Å². The number of likely N-dealkylation sites (tertiary alicyclic amines) is 1. The van der Waals surface area contributed by atoms with Crippen molar-refractivity contribution in [1.29, 1.82) is 5.26 Å². The summed E-state index contributed by atoms with van der Waals surface area (Å²) in [7, 11) is 0. The summed E-state index contributed by atoms with van der Waals surface area (Å²) in [5.41, 5.74) is 8.21. The van der Waals surface area contributed by atoms with E-state index >= 15 is 0 Å². The summed E-state index contributed by atoms with van der Waals surface area (Å²) in [6.45, 7) is 4.42. The molecule has 1 aliphatic carbocycles. The minimum atomic E-state index is -0.266. The Morgan fingerprint density at radius 3 is 2.85 bits per heavy atom. The Balaban J connectivity index is 1.51. The van der Waals surface area contributed by atoms with Crippen molar-refractivity contribution in [2.45, 2.75) is 57.7 Å². The number of nitriles is 1. The number of carbonyl (C=O) groups excluding carboxylic acids is 1. The zero-order valence-electron chi connectivity index (χ0n) is 19.7. The van der Waals surface area contributed by atoms with E-state index in [0.29, 0.717) is 24.4 Å². The molecule has 178 valence electrons. The largest absolute Gasteiger partial charge is 0.463 e. The van der Waals surface area contributed by atoms with E-state index in [1.54, 1.807) is 12.5 Å². The summed E-state index contributed by atoms with van der Waals surface area (Å²) in [6.07, 6.45) is 13.7. The van der Waals surface area contributed by atoms with Crippen LogP contribution in [0.25, 0.3) is 0 Å². The number of nitrogens with zero attached hydrogens (tertiary/aromatic N) is 3. The molecule has 1 saturated heterocycles. The maximum Gasteiger partial charge on any atom is 0.232 e. The van der Waals surface area contributed by atoms with Gasteiger partial charge in [-0.1, -0.05) is 30.4 Å². The molecule has 7 nitrogen and oxygen atoms in total. The normalized spacial score (nSPS) is 19.6. The lowest BCUT2D eigenvalue weighted by Crippen LogP contribution is -2.48. The first kappa shape index (κ1) is 23.7. The second-order valence-corrected chi connectivity index (χ2v) is 9.06. The highest BCUT2D eigenvalue weighted by Gasteiger charge is 2.31. The van der Waals surface area contributed by atoms with Crippen LogP contribution < -0.4 is 5.73 Å². The van der Waals surface area contributed by atoms with Crippen molar-refractivity contribution in [2.75, 3.05) is 13.1 Å². The molecule has 7 heteroatoms. The van der Waals surface area contributed by atoms with Crippen LogP contribution >= 0.6 is 0 Å². The fraction of sp³-hybridized carbons (Fsp3) is 0.407. The summed E-state index contributed by atoms with van der Waals surface area (Å²) in [6, 6.07) is 10.3. The van der Waals surface area contributed by atoms with Crippen LogP contribution in [0, 0.1) is 11.3 Å². The van der Waals surface area contributed by atoms with E-state index in [1.165, 1.54) is 0 Å². The second-order valence-electron chi connectivity index (χ2n) is 9.06. The summed E-state index contributed by atoms with van der Waals surface area (Å²) in [5, 5.41) is 9.34. The number of hydrogen-bond acceptors (Lipinski definition) is 6. The Morgan fingerprint density at radius 1 is 1.32 bits per heavy atom. The van der Waals surface area contributed by atoms with Crippen molar-refractivity contribution in [3.05, 3.63) is 83.4 Å². The second kappa shape index (κ2) is 11.1. The van der Waals surface area contributed by atoms with Gasteiger partial charge in [-0.25, -0.2) is 0 Å². The first-order chi connectivity index (χ1) is 16.5. The van der Waals surface area contributed by atoms with E-state index in [-0.39, 0.29) is 18.0 Å². The van der Waals surface area contributed by atoms with E-state index in [0.717, 1.165) is 55.7 Å². The molecule has 0 bridgehead atoms. The highest BCUT2D eigenvalue weighted by atomic mass is 16.6. The van der Waals surface area contributed by atoms with Gasteiger partial charge in [0.05, 0.1) is 11.6 Å². The maximum atomic E-state index is 11.4. The molecular formula is C27H32N4O3. The van der Waals surface area contributed by atoms with Gasteiger partial charge in [0.15, 0.2) is 12.0 Å². The monoisotopic (exact) mass is 460 g/mol. The van der Waals surface area contributed by atoms with Gasteiger partial charge in [-0.2, -0.15) is 5.26 Å². The third-order valence-corrected chi connectivity index (χ3v) is 6.64. The minimum Gasteiger partial charge on any atom is -0.463 e. The SMILES string of the molecule is CC(CC(N)=O)N1CCC(N(Cc2cccc(C#N)c2)C2=COC=C(C3=CC=CCC3)O2)CC1. The molecule has 1 aromatic rings. The first-order valence-corrected chi connectivity index (χ1v) is 11.9. The Kier molecular flexibility index (Phi) is 7.71. The third kappa shape index (κ3) is 5.89. The zero-order chi connectivity index (χ0) is 23.9. The molecule has 4 rings (SSSR count). The number of allylic oxidation sites excluding steroid dienone is 4. The molecule has 2 aliphatic heterocycles. The fourth-order valence-electron chi connectivity index (χ4n) is 4.77. The van der Waals surface area contributed by atoms with Crippen molar-refractivity contribution < 1.29 is 14.3 Å².